The number of thiol groups is 1. The van der Waals surface area contributed by atoms with Crippen LogP contribution in [-0.2, 0) is 12.6 Å². The van der Waals surface area contributed by atoms with E-state index in [2.05, 4.69) is 64.4 Å². The molecule has 0 rings (SSSR count). The van der Waals surface area contributed by atoms with Crippen LogP contribution in [0.25, 0.3) is 0 Å². The van der Waals surface area contributed by atoms with Crippen molar-refractivity contribution in [1.82, 2.24) is 0 Å². The van der Waals surface area contributed by atoms with Crippen LogP contribution in [0.2, 0.25) is 0 Å². The van der Waals surface area contributed by atoms with Crippen LogP contribution in [0.4, 0.5) is 9.59 Å². The topological polar surface area (TPSA) is 86.2 Å². The molecule has 0 radical (unpaired) electrons. The minimum atomic E-state index is -0.750. The molecule has 0 fully saturated rings. The van der Waals surface area contributed by atoms with E-state index >= 15 is 0 Å². The molecule has 0 aliphatic heterocycles. The van der Waals surface area contributed by atoms with E-state index < -0.39 is 10.5 Å². The Morgan fingerprint density at radius 3 is 1.18 bits per heavy atom. The molecule has 0 aromatic heterocycles. The van der Waals surface area contributed by atoms with Gasteiger partial charge in [0.1, 0.15) is 0 Å². The Hall–Kier alpha value is -0.530. The second-order valence-corrected chi connectivity index (χ2v) is 5.33. The smallest absolute Gasteiger partial charge is 0.273 e. The maximum Gasteiger partial charge on any atom is 0.273 e. The molecule has 2 amide bonds. The summed E-state index contributed by atoms with van der Waals surface area (Å²) in [4.78, 5) is 18.1. The first-order valence-corrected chi connectivity index (χ1v) is 8.86. The van der Waals surface area contributed by atoms with E-state index in [0.717, 1.165) is 0 Å². The molecule has 0 atom stereocenters. The molecule has 0 aliphatic rings. The van der Waals surface area contributed by atoms with Crippen LogP contribution >= 0.6 is 12.6 Å². The summed E-state index contributed by atoms with van der Waals surface area (Å²) in [5.74, 6) is 0. The van der Waals surface area contributed by atoms with Crippen LogP contribution < -0.4 is 11.5 Å². The number of nitrogens with two attached hydrogens (primary N) is 2. The number of nitrogens with zero attached hydrogens (tertiary/aromatic N) is 1. The summed E-state index contributed by atoms with van der Waals surface area (Å²) in [6, 6.07) is 0. The summed E-state index contributed by atoms with van der Waals surface area (Å²) in [5.41, 5.74) is 8.62. The predicted octanol–water partition coefficient (Wildman–Crippen LogP) is 3.69. The van der Waals surface area contributed by atoms with E-state index in [0.29, 0.717) is 0 Å². The van der Waals surface area contributed by atoms with Crippen LogP contribution in [0, 0.1) is 0 Å². The third-order valence-corrected chi connectivity index (χ3v) is 2.76. The van der Waals surface area contributed by atoms with Crippen molar-refractivity contribution in [3.63, 3.8) is 0 Å². The van der Waals surface area contributed by atoms with Crippen LogP contribution in [0.1, 0.15) is 60.8 Å². The molecule has 0 spiro atoms. The number of carbonyl (C=O) groups is 2. The van der Waals surface area contributed by atoms with Gasteiger partial charge < -0.3 is 33.4 Å². The number of hydrogen-bond donors (Lipinski definition) is 3. The number of amides is 2. The third-order valence-electron chi connectivity index (χ3n) is 2.76. The fraction of sp³-hybridized carbons (Fsp3) is 0.867. The van der Waals surface area contributed by atoms with Crippen LogP contribution in [0.5, 0.6) is 0 Å². The highest BCUT2D eigenvalue weighted by atomic mass is 32.1. The fourth-order valence-electron chi connectivity index (χ4n) is 2.23. The molecular weight excluding hydrogens is 318 g/mol. The van der Waals surface area contributed by atoms with E-state index in [9.17, 15) is 0 Å². The molecule has 0 saturated heterocycles. The average Bonchev–Trinajstić information content (AvgIpc) is 2.40. The van der Waals surface area contributed by atoms with E-state index in [-0.39, 0.29) is 0 Å². The number of carbonyl (C=O) groups excluding carboxylic acids is 2. The van der Waals surface area contributed by atoms with Gasteiger partial charge in [0.25, 0.3) is 5.24 Å². The molecule has 4 N–H and O–H groups in total. The Morgan fingerprint density at radius 1 is 0.909 bits per heavy atom. The second kappa shape index (κ2) is 22.7. The van der Waals surface area contributed by atoms with Gasteiger partial charge in [-0.25, -0.2) is 0 Å². The molecule has 0 aliphatic carbocycles. The quantitative estimate of drug-likeness (QED) is 0.370. The lowest BCUT2D eigenvalue weighted by Crippen LogP contribution is -2.49. The molecule has 0 aromatic carbocycles. The van der Waals surface area contributed by atoms with Gasteiger partial charge in [0.15, 0.2) is 0 Å². The molecule has 22 heavy (non-hydrogen) atoms. The SMILES string of the molecule is CC.CCC[N+](CC)(CCC)CCC.NC(=O)S.NC(=O)[S-]. The Balaban J connectivity index is -0.000000133. The summed E-state index contributed by atoms with van der Waals surface area (Å²) in [6.07, 6.45) is 3.98. The number of hydrogen-bond acceptors (Lipinski definition) is 3. The number of quaternary nitrogens is 1. The zero-order valence-electron chi connectivity index (χ0n) is 15.2. The van der Waals surface area contributed by atoms with Gasteiger partial charge in [0.2, 0.25) is 0 Å². The summed E-state index contributed by atoms with van der Waals surface area (Å²) in [5, 5.41) is -1.39. The molecule has 7 heteroatoms. The standard InChI is InChI=1S/C11H26N.C2H6.2CH3NOS/c1-5-9-12(8-4,10-6-2)11-7-3;1-2;2*2-1(3)4/h5-11H2,1-4H3;1-2H3;2*(H3,2,3,4)/q+1;;;/p-1. The summed E-state index contributed by atoms with van der Waals surface area (Å²) >= 11 is 6.86. The van der Waals surface area contributed by atoms with Gasteiger partial charge in [0.05, 0.1) is 31.4 Å². The van der Waals surface area contributed by atoms with Crippen molar-refractivity contribution in [2.75, 3.05) is 26.2 Å². The molecule has 5 nitrogen and oxygen atoms in total. The highest BCUT2D eigenvalue weighted by molar-refractivity contribution is 7.96. The summed E-state index contributed by atoms with van der Waals surface area (Å²) in [7, 11) is 0. The maximum atomic E-state index is 9.09. The predicted molar refractivity (Wildman–Crippen MR) is 103 cm³/mol. The van der Waals surface area contributed by atoms with Gasteiger partial charge in [-0.2, -0.15) is 0 Å². The first-order valence-electron chi connectivity index (χ1n) is 8.01. The maximum absolute atomic E-state index is 9.09. The Bertz CT molecular complexity index is 216. The minimum absolute atomic E-state index is 0.639. The lowest BCUT2D eigenvalue weighted by Gasteiger charge is -2.37. The zero-order chi connectivity index (χ0) is 18.6. The third kappa shape index (κ3) is 31.7. The molecule has 0 saturated carbocycles. The lowest BCUT2D eigenvalue weighted by molar-refractivity contribution is -0.926. The average molecular weight is 356 g/mol. The van der Waals surface area contributed by atoms with Gasteiger partial charge in [-0.1, -0.05) is 47.2 Å². The normalized spacial score (nSPS) is 9.05. The molecule has 0 heterocycles. The molecule has 136 valence electrons. The molecule has 0 bridgehead atoms. The monoisotopic (exact) mass is 355 g/mol. The van der Waals surface area contributed by atoms with Crippen molar-refractivity contribution in [2.24, 2.45) is 11.5 Å². The van der Waals surface area contributed by atoms with E-state index in [1.165, 1.54) is 49.9 Å². The highest BCUT2D eigenvalue weighted by Gasteiger charge is 2.21. The highest BCUT2D eigenvalue weighted by Crippen LogP contribution is 2.10. The molecular formula is C15H37N3O2S2. The van der Waals surface area contributed by atoms with Gasteiger partial charge in [-0.15, -0.1) is 0 Å². The van der Waals surface area contributed by atoms with Crippen molar-refractivity contribution in [3.05, 3.63) is 0 Å². The van der Waals surface area contributed by atoms with Gasteiger partial charge in [-0.3, -0.25) is 4.79 Å². The van der Waals surface area contributed by atoms with E-state index in [1.807, 2.05) is 13.8 Å². The Labute approximate surface area is 148 Å². The van der Waals surface area contributed by atoms with E-state index in [1.54, 1.807) is 0 Å². The van der Waals surface area contributed by atoms with Crippen molar-refractivity contribution in [1.29, 1.82) is 0 Å². The largest absolute Gasteiger partial charge is 0.719 e. The van der Waals surface area contributed by atoms with Crippen LogP contribution in [0.3, 0.4) is 0 Å². The Kier molecular flexibility index (Phi) is 30.5. The van der Waals surface area contributed by atoms with Crippen molar-refractivity contribution < 1.29 is 14.1 Å². The lowest BCUT2D eigenvalue weighted by atomic mass is 10.2. The van der Waals surface area contributed by atoms with Crippen molar-refractivity contribution in [3.8, 4) is 0 Å². The second-order valence-electron chi connectivity index (χ2n) is 4.49. The number of primary amides is 2. The first kappa shape index (κ1) is 29.5. The fourth-order valence-corrected chi connectivity index (χ4v) is 2.23. The van der Waals surface area contributed by atoms with Crippen LogP contribution in [0.15, 0.2) is 0 Å². The first-order chi connectivity index (χ1) is 10.2. The molecule has 0 unspecified atom stereocenters. The zero-order valence-corrected chi connectivity index (χ0v) is 16.9. The van der Waals surface area contributed by atoms with Gasteiger partial charge in [-0.05, 0) is 26.2 Å². The van der Waals surface area contributed by atoms with E-state index in [4.69, 9.17) is 9.59 Å². The van der Waals surface area contributed by atoms with Crippen LogP contribution in [-0.4, -0.2) is 41.1 Å². The summed E-state index contributed by atoms with van der Waals surface area (Å²) < 4.78 is 1.35. The van der Waals surface area contributed by atoms with Gasteiger partial charge in [0, 0.05) is 0 Å². The minimum Gasteiger partial charge on any atom is -0.719 e. The van der Waals surface area contributed by atoms with Crippen molar-refractivity contribution in [2.45, 2.75) is 60.8 Å². The number of rotatable bonds is 7. The Morgan fingerprint density at radius 2 is 1.09 bits per heavy atom. The summed E-state index contributed by atoms with van der Waals surface area (Å²) in [6.45, 7) is 18.7. The van der Waals surface area contributed by atoms with Gasteiger partial charge >= 0.3 is 0 Å². The van der Waals surface area contributed by atoms with Crippen molar-refractivity contribution >= 4 is 35.7 Å². The molecule has 0 aromatic rings.